The molecule has 2 heteroatoms. The Hall–Kier alpha value is -0.0800. The van der Waals surface area contributed by atoms with Crippen LogP contribution in [0.15, 0.2) is 0 Å². The average molecular weight is 117 g/mol. The van der Waals surface area contributed by atoms with Gasteiger partial charge in [0.25, 0.3) is 0 Å². The molecule has 0 aromatic carbocycles. The standard InChI is InChI=1S/C4H9N.C2H6O/c1-5-4-2-3-4;1-3-2/h4-5H,2-3H2,1H3;1-2H3. The summed E-state index contributed by atoms with van der Waals surface area (Å²) in [6.07, 6.45) is 2.80. The summed E-state index contributed by atoms with van der Waals surface area (Å²) >= 11 is 0. The monoisotopic (exact) mass is 117 g/mol. The zero-order chi connectivity index (χ0) is 6.41. The van der Waals surface area contributed by atoms with E-state index in [0.29, 0.717) is 0 Å². The SMILES string of the molecule is CNC1CC1.COC. The highest BCUT2D eigenvalue weighted by atomic mass is 16.4. The zero-order valence-electron chi connectivity index (χ0n) is 5.90. The van der Waals surface area contributed by atoms with Gasteiger partial charge < -0.3 is 10.1 Å². The molecule has 0 spiro atoms. The molecule has 0 bridgehead atoms. The molecule has 2 nitrogen and oxygen atoms in total. The van der Waals surface area contributed by atoms with Crippen molar-refractivity contribution < 1.29 is 4.74 Å². The summed E-state index contributed by atoms with van der Waals surface area (Å²) < 4.78 is 4.25. The van der Waals surface area contributed by atoms with Crippen molar-refractivity contribution in [3.05, 3.63) is 0 Å². The first-order valence-electron chi connectivity index (χ1n) is 2.92. The molecule has 0 aromatic heterocycles. The van der Waals surface area contributed by atoms with Crippen LogP contribution >= 0.6 is 0 Å². The molecule has 0 saturated heterocycles. The summed E-state index contributed by atoms with van der Waals surface area (Å²) in [5.74, 6) is 0. The molecule has 0 amide bonds. The lowest BCUT2D eigenvalue weighted by atomic mass is 10.7. The van der Waals surface area contributed by atoms with E-state index in [-0.39, 0.29) is 0 Å². The summed E-state index contributed by atoms with van der Waals surface area (Å²) in [7, 11) is 5.26. The van der Waals surface area contributed by atoms with E-state index in [4.69, 9.17) is 0 Å². The summed E-state index contributed by atoms with van der Waals surface area (Å²) in [5, 5.41) is 3.14. The van der Waals surface area contributed by atoms with Crippen LogP contribution < -0.4 is 5.32 Å². The van der Waals surface area contributed by atoms with Crippen LogP contribution in [0.2, 0.25) is 0 Å². The smallest absolute Gasteiger partial charge is 0.0351 e. The fraction of sp³-hybridized carbons (Fsp3) is 1.00. The Balaban J connectivity index is 0.000000145. The van der Waals surface area contributed by atoms with E-state index in [9.17, 15) is 0 Å². The van der Waals surface area contributed by atoms with Crippen LogP contribution in [-0.4, -0.2) is 27.3 Å². The zero-order valence-corrected chi connectivity index (χ0v) is 5.90. The quantitative estimate of drug-likeness (QED) is 0.544. The Morgan fingerprint density at radius 1 is 1.38 bits per heavy atom. The third-order valence-electron chi connectivity index (χ3n) is 0.986. The largest absolute Gasteiger partial charge is 0.388 e. The van der Waals surface area contributed by atoms with Gasteiger partial charge in [0, 0.05) is 20.3 Å². The van der Waals surface area contributed by atoms with Gasteiger partial charge in [0.1, 0.15) is 0 Å². The van der Waals surface area contributed by atoms with Crippen molar-refractivity contribution in [2.45, 2.75) is 18.9 Å². The van der Waals surface area contributed by atoms with E-state index in [1.165, 1.54) is 12.8 Å². The van der Waals surface area contributed by atoms with Gasteiger partial charge in [0.05, 0.1) is 0 Å². The third kappa shape index (κ3) is 5.92. The molecular formula is C6H15NO. The first-order valence-corrected chi connectivity index (χ1v) is 2.92. The molecule has 0 aliphatic heterocycles. The minimum atomic E-state index is 0.884. The van der Waals surface area contributed by atoms with Crippen molar-refractivity contribution in [2.24, 2.45) is 0 Å². The fourth-order valence-corrected chi connectivity index (χ4v) is 0.372. The predicted octanol–water partition coefficient (Wildman–Crippen LogP) is 0.631. The highest BCUT2D eigenvalue weighted by molar-refractivity contribution is 4.78. The van der Waals surface area contributed by atoms with Crippen molar-refractivity contribution in [1.29, 1.82) is 0 Å². The first-order chi connectivity index (χ1) is 3.85. The van der Waals surface area contributed by atoms with Gasteiger partial charge in [-0.15, -0.1) is 0 Å². The van der Waals surface area contributed by atoms with Crippen molar-refractivity contribution in [1.82, 2.24) is 5.32 Å². The Labute approximate surface area is 51.2 Å². The van der Waals surface area contributed by atoms with Crippen molar-refractivity contribution in [2.75, 3.05) is 21.3 Å². The van der Waals surface area contributed by atoms with Gasteiger partial charge in [-0.2, -0.15) is 0 Å². The Bertz CT molecular complexity index is 43.8. The predicted molar refractivity (Wildman–Crippen MR) is 35.0 cm³/mol. The molecule has 0 atom stereocenters. The maximum absolute atomic E-state index is 4.25. The highest BCUT2D eigenvalue weighted by Gasteiger charge is 2.17. The van der Waals surface area contributed by atoms with Gasteiger partial charge in [-0.3, -0.25) is 0 Å². The molecule has 1 rings (SSSR count). The minimum absolute atomic E-state index is 0.884. The lowest BCUT2D eigenvalue weighted by Crippen LogP contribution is -2.06. The molecule has 1 N–H and O–H groups in total. The normalized spacial score (nSPS) is 16.9. The third-order valence-corrected chi connectivity index (χ3v) is 0.986. The molecule has 1 saturated carbocycles. The van der Waals surface area contributed by atoms with Crippen LogP contribution in [0.4, 0.5) is 0 Å². The van der Waals surface area contributed by atoms with Crippen LogP contribution in [0.5, 0.6) is 0 Å². The molecule has 1 fully saturated rings. The second kappa shape index (κ2) is 5.06. The van der Waals surface area contributed by atoms with Crippen molar-refractivity contribution >= 4 is 0 Å². The van der Waals surface area contributed by atoms with Crippen LogP contribution in [0.25, 0.3) is 0 Å². The topological polar surface area (TPSA) is 21.3 Å². The summed E-state index contributed by atoms with van der Waals surface area (Å²) in [5.41, 5.74) is 0. The summed E-state index contributed by atoms with van der Waals surface area (Å²) in [6.45, 7) is 0. The van der Waals surface area contributed by atoms with E-state index in [2.05, 4.69) is 10.1 Å². The van der Waals surface area contributed by atoms with Crippen LogP contribution in [0, 0.1) is 0 Å². The maximum atomic E-state index is 4.25. The maximum Gasteiger partial charge on any atom is 0.0351 e. The molecule has 8 heavy (non-hydrogen) atoms. The molecule has 50 valence electrons. The van der Waals surface area contributed by atoms with E-state index in [1.54, 1.807) is 14.2 Å². The number of hydrogen-bond donors (Lipinski definition) is 1. The molecule has 0 radical (unpaired) electrons. The van der Waals surface area contributed by atoms with E-state index in [0.717, 1.165) is 6.04 Å². The van der Waals surface area contributed by atoms with Gasteiger partial charge in [0.2, 0.25) is 0 Å². The second-order valence-corrected chi connectivity index (χ2v) is 1.97. The molecule has 1 aliphatic rings. The van der Waals surface area contributed by atoms with E-state index >= 15 is 0 Å². The van der Waals surface area contributed by atoms with Crippen LogP contribution in [0.3, 0.4) is 0 Å². The van der Waals surface area contributed by atoms with Gasteiger partial charge >= 0.3 is 0 Å². The Morgan fingerprint density at radius 3 is 1.75 bits per heavy atom. The molecule has 1 aliphatic carbocycles. The first kappa shape index (κ1) is 7.92. The van der Waals surface area contributed by atoms with Gasteiger partial charge in [-0.05, 0) is 19.9 Å². The lowest BCUT2D eigenvalue weighted by molar-refractivity contribution is 0.277. The average Bonchev–Trinajstić information content (AvgIpc) is 2.48. The lowest BCUT2D eigenvalue weighted by Gasteiger charge is -1.80. The number of hydrogen-bond acceptors (Lipinski definition) is 2. The Morgan fingerprint density at radius 2 is 1.75 bits per heavy atom. The van der Waals surface area contributed by atoms with E-state index in [1.807, 2.05) is 7.05 Å². The highest BCUT2D eigenvalue weighted by Crippen LogP contribution is 2.16. The molecule has 0 aromatic rings. The second-order valence-electron chi connectivity index (χ2n) is 1.97. The summed E-state index contributed by atoms with van der Waals surface area (Å²) in [6, 6.07) is 0.884. The van der Waals surface area contributed by atoms with Gasteiger partial charge in [0.15, 0.2) is 0 Å². The van der Waals surface area contributed by atoms with Crippen LogP contribution in [-0.2, 0) is 4.74 Å². The van der Waals surface area contributed by atoms with Crippen LogP contribution in [0.1, 0.15) is 12.8 Å². The molecule has 0 heterocycles. The molecule has 0 unspecified atom stereocenters. The summed E-state index contributed by atoms with van der Waals surface area (Å²) in [4.78, 5) is 0. The van der Waals surface area contributed by atoms with Gasteiger partial charge in [-0.1, -0.05) is 0 Å². The number of ether oxygens (including phenoxy) is 1. The number of nitrogens with one attached hydrogen (secondary N) is 1. The van der Waals surface area contributed by atoms with E-state index < -0.39 is 0 Å². The van der Waals surface area contributed by atoms with Crippen molar-refractivity contribution in [3.8, 4) is 0 Å². The fourth-order valence-electron chi connectivity index (χ4n) is 0.372. The minimum Gasteiger partial charge on any atom is -0.388 e. The number of rotatable bonds is 1. The van der Waals surface area contributed by atoms with Gasteiger partial charge in [-0.25, -0.2) is 0 Å². The van der Waals surface area contributed by atoms with Crippen molar-refractivity contribution in [3.63, 3.8) is 0 Å². The molecular weight excluding hydrogens is 102 g/mol. The number of methoxy groups -OCH3 is 1. The Kier molecular flexibility index (Phi) is 5.01.